The number of rotatable bonds is 4. The molecule has 2 N–H and O–H groups in total. The van der Waals surface area contributed by atoms with Crippen LogP contribution in [-0.4, -0.2) is 34.3 Å². The molecule has 19 heavy (non-hydrogen) atoms. The molecule has 0 spiro atoms. The molecule has 1 heterocycles. The number of hydrogen-bond acceptors (Lipinski definition) is 7. The van der Waals surface area contributed by atoms with E-state index in [-0.39, 0.29) is 23.7 Å². The molecular weight excluding hydrogens is 272 g/mol. The van der Waals surface area contributed by atoms with E-state index in [2.05, 4.69) is 20.3 Å². The molecule has 0 saturated heterocycles. The van der Waals surface area contributed by atoms with Gasteiger partial charge in [-0.05, 0) is 12.1 Å². The first kappa shape index (κ1) is 13.2. The summed E-state index contributed by atoms with van der Waals surface area (Å²) in [6.45, 7) is 0. The molecule has 2 aromatic rings. The molecule has 0 atom stereocenters. The Balaban J connectivity index is 2.31. The minimum atomic E-state index is -0.0224. The fourth-order valence-corrected chi connectivity index (χ4v) is 1.47. The van der Waals surface area contributed by atoms with Gasteiger partial charge >= 0.3 is 12.0 Å². The van der Waals surface area contributed by atoms with Gasteiger partial charge in [0.15, 0.2) is 0 Å². The summed E-state index contributed by atoms with van der Waals surface area (Å²) in [5.74, 6) is 0.159. The van der Waals surface area contributed by atoms with Crippen molar-refractivity contribution in [1.82, 2.24) is 15.0 Å². The highest BCUT2D eigenvalue weighted by Crippen LogP contribution is 2.28. The van der Waals surface area contributed by atoms with Crippen molar-refractivity contribution in [3.63, 3.8) is 0 Å². The molecule has 0 bridgehead atoms. The van der Waals surface area contributed by atoms with Gasteiger partial charge in [0.05, 0.1) is 19.9 Å². The van der Waals surface area contributed by atoms with Gasteiger partial charge < -0.3 is 19.9 Å². The molecule has 0 saturated carbocycles. The van der Waals surface area contributed by atoms with E-state index in [9.17, 15) is 5.11 Å². The Morgan fingerprint density at radius 3 is 2.26 bits per heavy atom. The van der Waals surface area contributed by atoms with Gasteiger partial charge in [-0.15, -0.1) is 4.98 Å². The maximum absolute atomic E-state index is 9.73. The van der Waals surface area contributed by atoms with Gasteiger partial charge in [0, 0.05) is 11.1 Å². The monoisotopic (exact) mass is 282 g/mol. The molecule has 8 heteroatoms. The summed E-state index contributed by atoms with van der Waals surface area (Å²) in [5.41, 5.74) is 0.403. The van der Waals surface area contributed by atoms with Crippen molar-refractivity contribution in [3.8, 4) is 17.8 Å². The fourth-order valence-electron chi connectivity index (χ4n) is 1.31. The third-order valence-corrected chi connectivity index (χ3v) is 2.40. The van der Waals surface area contributed by atoms with Crippen LogP contribution in [-0.2, 0) is 0 Å². The zero-order chi connectivity index (χ0) is 13.8. The number of nitrogens with one attached hydrogen (secondary N) is 1. The van der Waals surface area contributed by atoms with Crippen LogP contribution in [0.1, 0.15) is 0 Å². The smallest absolute Gasteiger partial charge is 0.324 e. The van der Waals surface area contributed by atoms with E-state index in [0.717, 1.165) is 0 Å². The predicted octanol–water partition coefficient (Wildman–Crippen LogP) is 1.99. The Kier molecular flexibility index (Phi) is 3.86. The van der Waals surface area contributed by atoms with E-state index >= 15 is 0 Å². The molecule has 0 aliphatic carbocycles. The number of nitrogens with zero attached hydrogens (tertiary/aromatic N) is 3. The van der Waals surface area contributed by atoms with Crippen LogP contribution >= 0.6 is 11.6 Å². The van der Waals surface area contributed by atoms with Crippen molar-refractivity contribution in [2.24, 2.45) is 0 Å². The first-order valence-electron chi connectivity index (χ1n) is 5.22. The highest BCUT2D eigenvalue weighted by Gasteiger charge is 2.09. The molecule has 1 aromatic carbocycles. The van der Waals surface area contributed by atoms with Crippen LogP contribution in [0.4, 0.5) is 11.6 Å². The first-order chi connectivity index (χ1) is 9.12. The Morgan fingerprint density at radius 1 is 1.11 bits per heavy atom. The van der Waals surface area contributed by atoms with Gasteiger partial charge in [-0.3, -0.25) is 0 Å². The molecular formula is C11H11ClN4O3. The lowest BCUT2D eigenvalue weighted by atomic mass is 10.3. The number of hydrogen-bond donors (Lipinski definition) is 2. The number of phenols is 1. The molecule has 0 fully saturated rings. The van der Waals surface area contributed by atoms with Gasteiger partial charge in [0.25, 0.3) is 0 Å². The molecule has 0 unspecified atom stereocenters. The summed E-state index contributed by atoms with van der Waals surface area (Å²) in [6.07, 6.45) is 0. The Hall–Kier alpha value is -2.28. The standard InChI is InChI=1S/C11H11ClN4O3/c1-18-10-14-9(15-11(16-10)19-2)13-7-4-3-6(12)5-8(7)17/h3-5,17H,1-2H3,(H,13,14,15,16). The Bertz CT molecular complexity index is 572. The van der Waals surface area contributed by atoms with Crippen LogP contribution < -0.4 is 14.8 Å². The molecule has 0 amide bonds. The number of halogens is 1. The minimum Gasteiger partial charge on any atom is -0.506 e. The second-order valence-corrected chi connectivity index (χ2v) is 3.86. The summed E-state index contributed by atoms with van der Waals surface area (Å²) in [7, 11) is 2.86. The van der Waals surface area contributed by atoms with Crippen molar-refractivity contribution >= 4 is 23.2 Å². The zero-order valence-electron chi connectivity index (χ0n) is 10.2. The quantitative estimate of drug-likeness (QED) is 0.829. The maximum atomic E-state index is 9.73. The summed E-state index contributed by atoms with van der Waals surface area (Å²) in [6, 6.07) is 4.82. The third-order valence-electron chi connectivity index (χ3n) is 2.17. The molecule has 0 radical (unpaired) electrons. The van der Waals surface area contributed by atoms with E-state index in [0.29, 0.717) is 10.7 Å². The SMILES string of the molecule is COc1nc(Nc2ccc(Cl)cc2O)nc(OC)n1. The third kappa shape index (κ3) is 3.14. The van der Waals surface area contributed by atoms with Crippen molar-refractivity contribution in [1.29, 1.82) is 0 Å². The van der Waals surface area contributed by atoms with Gasteiger partial charge in [-0.25, -0.2) is 0 Å². The van der Waals surface area contributed by atoms with E-state index in [1.165, 1.54) is 20.3 Å². The normalized spacial score (nSPS) is 10.1. The average molecular weight is 283 g/mol. The lowest BCUT2D eigenvalue weighted by Crippen LogP contribution is -2.03. The first-order valence-corrected chi connectivity index (χ1v) is 5.59. The highest BCUT2D eigenvalue weighted by atomic mass is 35.5. The number of ether oxygens (including phenoxy) is 2. The zero-order valence-corrected chi connectivity index (χ0v) is 11.0. The van der Waals surface area contributed by atoms with Gasteiger partial charge in [0.2, 0.25) is 5.95 Å². The molecule has 0 aliphatic heterocycles. The second-order valence-electron chi connectivity index (χ2n) is 3.42. The van der Waals surface area contributed by atoms with Crippen LogP contribution in [0, 0.1) is 0 Å². The molecule has 7 nitrogen and oxygen atoms in total. The van der Waals surface area contributed by atoms with Crippen molar-refractivity contribution < 1.29 is 14.6 Å². The summed E-state index contributed by atoms with van der Waals surface area (Å²) < 4.78 is 9.84. The van der Waals surface area contributed by atoms with Gasteiger partial charge in [0.1, 0.15) is 5.75 Å². The number of aromatic nitrogens is 3. The van der Waals surface area contributed by atoms with Crippen molar-refractivity contribution in [3.05, 3.63) is 23.2 Å². The number of methoxy groups -OCH3 is 2. The van der Waals surface area contributed by atoms with Gasteiger partial charge in [-0.2, -0.15) is 9.97 Å². The largest absolute Gasteiger partial charge is 0.506 e. The lowest BCUT2D eigenvalue weighted by Gasteiger charge is -2.08. The molecule has 0 aliphatic rings. The fraction of sp³-hybridized carbons (Fsp3) is 0.182. The molecule has 2 rings (SSSR count). The molecule has 1 aromatic heterocycles. The predicted molar refractivity (Wildman–Crippen MR) is 69.3 cm³/mol. The van der Waals surface area contributed by atoms with E-state index in [4.69, 9.17) is 21.1 Å². The van der Waals surface area contributed by atoms with Crippen molar-refractivity contribution in [2.75, 3.05) is 19.5 Å². The lowest BCUT2D eigenvalue weighted by molar-refractivity contribution is 0.341. The number of anilines is 2. The summed E-state index contributed by atoms with van der Waals surface area (Å²) in [5, 5.41) is 13.0. The number of benzene rings is 1. The van der Waals surface area contributed by atoms with E-state index in [1.807, 2.05) is 0 Å². The van der Waals surface area contributed by atoms with Crippen LogP contribution in [0.2, 0.25) is 5.02 Å². The van der Waals surface area contributed by atoms with E-state index < -0.39 is 0 Å². The number of aromatic hydroxyl groups is 1. The maximum Gasteiger partial charge on any atom is 0.324 e. The average Bonchev–Trinajstić information content (AvgIpc) is 2.41. The Labute approximate surface area is 114 Å². The summed E-state index contributed by atoms with van der Waals surface area (Å²) >= 11 is 5.75. The van der Waals surface area contributed by atoms with Gasteiger partial charge in [-0.1, -0.05) is 11.6 Å². The van der Waals surface area contributed by atoms with Crippen LogP contribution in [0.3, 0.4) is 0 Å². The molecule has 100 valence electrons. The highest BCUT2D eigenvalue weighted by molar-refractivity contribution is 6.30. The second kappa shape index (κ2) is 5.57. The Morgan fingerprint density at radius 2 is 1.74 bits per heavy atom. The number of phenolic OH excluding ortho intramolecular Hbond substituents is 1. The minimum absolute atomic E-state index is 0.0224. The van der Waals surface area contributed by atoms with Crippen LogP contribution in [0.25, 0.3) is 0 Å². The van der Waals surface area contributed by atoms with Crippen LogP contribution in [0.5, 0.6) is 17.8 Å². The van der Waals surface area contributed by atoms with E-state index in [1.54, 1.807) is 12.1 Å². The summed E-state index contributed by atoms with van der Waals surface area (Å²) in [4.78, 5) is 11.8. The van der Waals surface area contributed by atoms with Crippen LogP contribution in [0.15, 0.2) is 18.2 Å². The topological polar surface area (TPSA) is 89.4 Å². The van der Waals surface area contributed by atoms with Crippen molar-refractivity contribution in [2.45, 2.75) is 0 Å².